The highest BCUT2D eigenvalue weighted by Crippen LogP contribution is 2.38. The first-order valence-electron chi connectivity index (χ1n) is 7.15. The molecule has 120 valence electrons. The first-order chi connectivity index (χ1) is 10.9. The molecule has 2 fully saturated rings. The Morgan fingerprint density at radius 2 is 2.17 bits per heavy atom. The lowest BCUT2D eigenvalue weighted by Crippen LogP contribution is -2.50. The quantitative estimate of drug-likeness (QED) is 0.474. The molecule has 1 unspecified atom stereocenters. The molecule has 3 amide bonds. The molecular formula is C14H14N4O5. The molecule has 0 aliphatic carbocycles. The molecule has 1 aromatic rings. The minimum absolute atomic E-state index is 0.0245. The van der Waals surface area contributed by atoms with E-state index >= 15 is 0 Å². The molecule has 3 heterocycles. The van der Waals surface area contributed by atoms with Crippen LogP contribution in [0.25, 0.3) is 0 Å². The number of amides is 3. The van der Waals surface area contributed by atoms with E-state index in [1.54, 1.807) is 0 Å². The van der Waals surface area contributed by atoms with Crippen molar-refractivity contribution in [2.45, 2.75) is 19.3 Å². The van der Waals surface area contributed by atoms with E-state index in [1.807, 2.05) is 0 Å². The summed E-state index contributed by atoms with van der Waals surface area (Å²) in [6.45, 7) is 0.542. The Labute approximate surface area is 130 Å². The lowest BCUT2D eigenvalue weighted by Gasteiger charge is -2.31. The minimum Gasteiger partial charge on any atom is -0.336 e. The van der Waals surface area contributed by atoms with Crippen LogP contribution in [0.1, 0.15) is 29.8 Å². The normalized spacial score (nSPS) is 23.9. The lowest BCUT2D eigenvalue weighted by molar-refractivity contribution is -0.385. The van der Waals surface area contributed by atoms with Gasteiger partial charge in [-0.15, -0.1) is 0 Å². The molecule has 1 N–H and O–H groups in total. The Hall–Kier alpha value is -2.84. The number of nitro groups is 1. The van der Waals surface area contributed by atoms with Gasteiger partial charge in [0, 0.05) is 37.8 Å². The fourth-order valence-electron chi connectivity index (χ4n) is 3.04. The summed E-state index contributed by atoms with van der Waals surface area (Å²) in [4.78, 5) is 51.4. The van der Waals surface area contributed by atoms with Gasteiger partial charge in [-0.1, -0.05) is 0 Å². The van der Waals surface area contributed by atoms with E-state index in [0.29, 0.717) is 19.4 Å². The number of nitrogens with zero attached hydrogens (tertiary/aromatic N) is 3. The molecule has 2 aliphatic heterocycles. The molecule has 1 atom stereocenters. The van der Waals surface area contributed by atoms with Gasteiger partial charge in [-0.2, -0.15) is 0 Å². The fraction of sp³-hybridized carbons (Fsp3) is 0.429. The topological polar surface area (TPSA) is 123 Å². The third-order valence-corrected chi connectivity index (χ3v) is 4.38. The summed E-state index contributed by atoms with van der Waals surface area (Å²) in [5.41, 5.74) is -0.980. The second-order valence-corrected chi connectivity index (χ2v) is 5.79. The third kappa shape index (κ3) is 2.65. The number of imide groups is 1. The smallest absolute Gasteiger partial charge is 0.273 e. The number of hydrogen-bond donors (Lipinski definition) is 1. The van der Waals surface area contributed by atoms with Gasteiger partial charge < -0.3 is 4.90 Å². The Balaban J connectivity index is 1.77. The van der Waals surface area contributed by atoms with Crippen LogP contribution in [0, 0.1) is 15.5 Å². The Bertz CT molecular complexity index is 719. The summed E-state index contributed by atoms with van der Waals surface area (Å²) in [6, 6.07) is 2.33. The van der Waals surface area contributed by atoms with Crippen molar-refractivity contribution in [3.8, 4) is 0 Å². The maximum atomic E-state index is 12.5. The predicted molar refractivity (Wildman–Crippen MR) is 76.2 cm³/mol. The van der Waals surface area contributed by atoms with E-state index < -0.39 is 16.2 Å². The van der Waals surface area contributed by atoms with Crippen LogP contribution in [-0.2, 0) is 9.59 Å². The van der Waals surface area contributed by atoms with Crippen LogP contribution in [0.5, 0.6) is 0 Å². The molecule has 1 spiro atoms. The number of hydrogen-bond acceptors (Lipinski definition) is 6. The predicted octanol–water partition coefficient (Wildman–Crippen LogP) is 0.259. The monoisotopic (exact) mass is 318 g/mol. The second-order valence-electron chi connectivity index (χ2n) is 5.79. The second kappa shape index (κ2) is 5.41. The lowest BCUT2D eigenvalue weighted by atomic mass is 9.79. The summed E-state index contributed by atoms with van der Waals surface area (Å²) in [5, 5.41) is 13.1. The molecule has 9 heteroatoms. The van der Waals surface area contributed by atoms with Crippen molar-refractivity contribution >= 4 is 23.4 Å². The summed E-state index contributed by atoms with van der Waals surface area (Å²) >= 11 is 0. The molecule has 0 saturated carbocycles. The number of pyridine rings is 1. The molecule has 0 aromatic carbocycles. The Kier molecular flexibility index (Phi) is 3.55. The van der Waals surface area contributed by atoms with E-state index in [9.17, 15) is 24.5 Å². The highest BCUT2D eigenvalue weighted by atomic mass is 16.6. The molecule has 1 aromatic heterocycles. The summed E-state index contributed by atoms with van der Waals surface area (Å²) < 4.78 is 0. The first-order valence-corrected chi connectivity index (χ1v) is 7.15. The highest BCUT2D eigenvalue weighted by Gasteiger charge is 2.48. The van der Waals surface area contributed by atoms with E-state index in [4.69, 9.17) is 0 Å². The number of aromatic nitrogens is 1. The van der Waals surface area contributed by atoms with Crippen molar-refractivity contribution in [1.82, 2.24) is 15.2 Å². The fourth-order valence-corrected chi connectivity index (χ4v) is 3.04. The SMILES string of the molecule is O=C1CCC2(CCN(C(=O)c3cc([N+](=O)[O-])ccn3)C2)C(=O)N1. The maximum Gasteiger partial charge on any atom is 0.273 e. The van der Waals surface area contributed by atoms with Crippen molar-refractivity contribution < 1.29 is 19.3 Å². The average Bonchev–Trinajstić information content (AvgIpc) is 2.96. The van der Waals surface area contributed by atoms with Gasteiger partial charge in [-0.25, -0.2) is 0 Å². The third-order valence-electron chi connectivity index (χ3n) is 4.38. The summed E-state index contributed by atoms with van der Waals surface area (Å²) in [6.07, 6.45) is 2.34. The van der Waals surface area contributed by atoms with Gasteiger partial charge in [-0.05, 0) is 12.8 Å². The molecule has 2 saturated heterocycles. The average molecular weight is 318 g/mol. The zero-order valence-corrected chi connectivity index (χ0v) is 12.2. The number of carbonyl (C=O) groups excluding carboxylic acids is 3. The van der Waals surface area contributed by atoms with Gasteiger partial charge in [0.15, 0.2) is 0 Å². The Morgan fingerprint density at radius 1 is 1.39 bits per heavy atom. The van der Waals surface area contributed by atoms with Gasteiger partial charge in [0.25, 0.3) is 11.6 Å². The zero-order valence-electron chi connectivity index (χ0n) is 12.2. The zero-order chi connectivity index (χ0) is 16.6. The number of nitrogens with one attached hydrogen (secondary N) is 1. The van der Waals surface area contributed by atoms with Crippen molar-refractivity contribution in [1.29, 1.82) is 0 Å². The summed E-state index contributed by atoms with van der Waals surface area (Å²) in [7, 11) is 0. The van der Waals surface area contributed by atoms with Gasteiger partial charge in [0.2, 0.25) is 11.8 Å². The van der Waals surface area contributed by atoms with Gasteiger partial charge >= 0.3 is 0 Å². The van der Waals surface area contributed by atoms with E-state index in [-0.39, 0.29) is 36.2 Å². The van der Waals surface area contributed by atoms with Crippen LogP contribution in [0.2, 0.25) is 0 Å². The van der Waals surface area contributed by atoms with Crippen LogP contribution in [0.15, 0.2) is 18.3 Å². The molecular weight excluding hydrogens is 304 g/mol. The Morgan fingerprint density at radius 3 is 2.87 bits per heavy atom. The van der Waals surface area contributed by atoms with Crippen molar-refractivity contribution in [2.75, 3.05) is 13.1 Å². The van der Waals surface area contributed by atoms with E-state index in [2.05, 4.69) is 10.3 Å². The standard InChI is InChI=1S/C14H14N4O5/c19-11-1-3-14(13(21)16-11)4-6-17(8-14)12(20)10-7-9(18(22)23)2-5-15-10/h2,5,7H,1,3-4,6,8H2,(H,16,19,21). The van der Waals surface area contributed by atoms with E-state index in [0.717, 1.165) is 6.07 Å². The molecule has 9 nitrogen and oxygen atoms in total. The van der Waals surface area contributed by atoms with Gasteiger partial charge in [0.05, 0.1) is 10.3 Å². The van der Waals surface area contributed by atoms with Crippen LogP contribution in [0.4, 0.5) is 5.69 Å². The minimum atomic E-state index is -0.746. The number of likely N-dealkylation sites (tertiary alicyclic amines) is 1. The van der Waals surface area contributed by atoms with Crippen LogP contribution in [0.3, 0.4) is 0 Å². The molecule has 23 heavy (non-hydrogen) atoms. The molecule has 3 rings (SSSR count). The number of piperidine rings is 1. The first kappa shape index (κ1) is 15.1. The van der Waals surface area contributed by atoms with Crippen LogP contribution in [-0.4, -0.2) is 45.6 Å². The highest BCUT2D eigenvalue weighted by molar-refractivity contribution is 6.01. The molecule has 0 bridgehead atoms. The number of rotatable bonds is 2. The largest absolute Gasteiger partial charge is 0.336 e. The molecule has 0 radical (unpaired) electrons. The van der Waals surface area contributed by atoms with Crippen molar-refractivity contribution in [2.24, 2.45) is 5.41 Å². The van der Waals surface area contributed by atoms with Gasteiger partial charge in [0.1, 0.15) is 5.69 Å². The van der Waals surface area contributed by atoms with E-state index in [1.165, 1.54) is 17.2 Å². The number of carbonyl (C=O) groups is 3. The maximum absolute atomic E-state index is 12.5. The van der Waals surface area contributed by atoms with Crippen LogP contribution < -0.4 is 5.32 Å². The molecule has 2 aliphatic rings. The van der Waals surface area contributed by atoms with Crippen molar-refractivity contribution in [3.63, 3.8) is 0 Å². The van der Waals surface area contributed by atoms with Crippen LogP contribution >= 0.6 is 0 Å². The van der Waals surface area contributed by atoms with Crippen molar-refractivity contribution in [3.05, 3.63) is 34.1 Å². The van der Waals surface area contributed by atoms with Gasteiger partial charge in [-0.3, -0.25) is 34.8 Å². The summed E-state index contributed by atoms with van der Waals surface area (Å²) in [5.74, 6) is -1.10.